The van der Waals surface area contributed by atoms with Gasteiger partial charge in [0.1, 0.15) is 4.83 Å². The van der Waals surface area contributed by atoms with Crippen LogP contribution in [0.5, 0.6) is 0 Å². The van der Waals surface area contributed by atoms with Gasteiger partial charge in [0, 0.05) is 31.7 Å². The molecule has 11 heteroatoms. The maximum atomic E-state index is 13.1. The minimum Gasteiger partial charge on any atom is -0.383 e. The number of amides is 2. The number of piperazine rings is 1. The van der Waals surface area contributed by atoms with E-state index in [1.807, 2.05) is 13.8 Å². The average molecular weight is 439 g/mol. The SMILES string of the molecule is CCOCCn1c(=O)c2c(C)c(CN3CCNC(=O)C3=O)sc2n(CCOC)c1=O. The van der Waals surface area contributed by atoms with Gasteiger partial charge in [0.25, 0.3) is 5.56 Å². The number of nitrogens with zero attached hydrogens (tertiary/aromatic N) is 3. The molecule has 0 radical (unpaired) electrons. The van der Waals surface area contributed by atoms with Crippen molar-refractivity contribution >= 4 is 33.4 Å². The summed E-state index contributed by atoms with van der Waals surface area (Å²) < 4.78 is 13.2. The molecule has 2 aromatic heterocycles. The third kappa shape index (κ3) is 4.18. The van der Waals surface area contributed by atoms with Gasteiger partial charge in [-0.3, -0.25) is 23.5 Å². The number of nitrogens with one attached hydrogen (secondary N) is 1. The smallest absolute Gasteiger partial charge is 0.332 e. The zero-order chi connectivity index (χ0) is 21.8. The minimum absolute atomic E-state index is 0.157. The van der Waals surface area contributed by atoms with Crippen molar-refractivity contribution in [3.05, 3.63) is 31.3 Å². The van der Waals surface area contributed by atoms with E-state index in [9.17, 15) is 19.2 Å². The molecule has 10 nitrogen and oxygen atoms in total. The van der Waals surface area contributed by atoms with Crippen molar-refractivity contribution in [2.24, 2.45) is 0 Å². The van der Waals surface area contributed by atoms with E-state index in [0.29, 0.717) is 43.1 Å². The van der Waals surface area contributed by atoms with E-state index in [4.69, 9.17) is 9.47 Å². The molecule has 1 fully saturated rings. The second-order valence-corrected chi connectivity index (χ2v) is 7.98. The molecular weight excluding hydrogens is 412 g/mol. The highest BCUT2D eigenvalue weighted by molar-refractivity contribution is 7.18. The zero-order valence-electron chi connectivity index (χ0n) is 17.4. The first-order valence-corrected chi connectivity index (χ1v) is 10.6. The molecule has 0 aromatic carbocycles. The fraction of sp³-hybridized carbons (Fsp3) is 0.579. The number of aryl methyl sites for hydroxylation is 1. The highest BCUT2D eigenvalue weighted by Crippen LogP contribution is 2.29. The summed E-state index contributed by atoms with van der Waals surface area (Å²) in [5.41, 5.74) is -0.0633. The number of thiophene rings is 1. The molecule has 0 unspecified atom stereocenters. The summed E-state index contributed by atoms with van der Waals surface area (Å²) in [6, 6.07) is 0. The molecule has 164 valence electrons. The quantitative estimate of drug-likeness (QED) is 0.424. The maximum Gasteiger partial charge on any atom is 0.332 e. The number of hydrogen-bond acceptors (Lipinski definition) is 7. The molecule has 3 heterocycles. The van der Waals surface area contributed by atoms with Gasteiger partial charge < -0.3 is 19.7 Å². The van der Waals surface area contributed by atoms with Crippen molar-refractivity contribution in [3.63, 3.8) is 0 Å². The van der Waals surface area contributed by atoms with Gasteiger partial charge in [0.05, 0.1) is 38.2 Å². The van der Waals surface area contributed by atoms with E-state index in [-0.39, 0.29) is 25.3 Å². The Hall–Kier alpha value is -2.50. The second kappa shape index (κ2) is 9.54. The molecule has 2 aromatic rings. The van der Waals surface area contributed by atoms with Gasteiger partial charge in [-0.25, -0.2) is 4.79 Å². The van der Waals surface area contributed by atoms with Crippen molar-refractivity contribution in [1.29, 1.82) is 0 Å². The second-order valence-electron chi connectivity index (χ2n) is 6.89. The number of methoxy groups -OCH3 is 1. The number of hydrogen-bond donors (Lipinski definition) is 1. The van der Waals surface area contributed by atoms with Gasteiger partial charge in [0.2, 0.25) is 0 Å². The fourth-order valence-corrected chi connectivity index (χ4v) is 4.75. The highest BCUT2D eigenvalue weighted by Gasteiger charge is 2.28. The lowest BCUT2D eigenvalue weighted by Gasteiger charge is -2.26. The van der Waals surface area contributed by atoms with Crippen LogP contribution < -0.4 is 16.6 Å². The van der Waals surface area contributed by atoms with Crippen LogP contribution in [0.15, 0.2) is 9.59 Å². The van der Waals surface area contributed by atoms with Crippen molar-refractivity contribution < 1.29 is 19.1 Å². The molecule has 2 amide bonds. The molecule has 30 heavy (non-hydrogen) atoms. The average Bonchev–Trinajstić information content (AvgIpc) is 3.04. The number of ether oxygens (including phenoxy) is 2. The maximum absolute atomic E-state index is 13.1. The fourth-order valence-electron chi connectivity index (χ4n) is 3.42. The van der Waals surface area contributed by atoms with E-state index in [1.54, 1.807) is 7.11 Å². The normalized spacial score (nSPS) is 14.6. The summed E-state index contributed by atoms with van der Waals surface area (Å²) in [5.74, 6) is -1.22. The molecule has 0 aliphatic carbocycles. The van der Waals surface area contributed by atoms with Crippen molar-refractivity contribution in [2.45, 2.75) is 33.5 Å². The van der Waals surface area contributed by atoms with Gasteiger partial charge in [-0.2, -0.15) is 0 Å². The summed E-state index contributed by atoms with van der Waals surface area (Å²) in [6.07, 6.45) is 0. The van der Waals surface area contributed by atoms with E-state index < -0.39 is 17.5 Å². The van der Waals surface area contributed by atoms with Crippen LogP contribution in [0.2, 0.25) is 0 Å². The third-order valence-corrected chi connectivity index (χ3v) is 6.36. The highest BCUT2D eigenvalue weighted by atomic mass is 32.1. The summed E-state index contributed by atoms with van der Waals surface area (Å²) >= 11 is 1.30. The molecule has 0 saturated carbocycles. The van der Waals surface area contributed by atoms with Gasteiger partial charge >= 0.3 is 17.5 Å². The van der Waals surface area contributed by atoms with Crippen molar-refractivity contribution in [2.75, 3.05) is 40.0 Å². The molecule has 1 N–H and O–H groups in total. The van der Waals surface area contributed by atoms with Crippen LogP contribution >= 0.6 is 11.3 Å². The molecule has 3 rings (SSSR count). The van der Waals surface area contributed by atoms with Gasteiger partial charge in [0.15, 0.2) is 0 Å². The summed E-state index contributed by atoms with van der Waals surface area (Å²) in [5, 5.41) is 2.97. The predicted octanol–water partition coefficient (Wildman–Crippen LogP) is -0.326. The molecule has 0 spiro atoms. The summed E-state index contributed by atoms with van der Waals surface area (Å²) in [7, 11) is 1.55. The molecule has 0 bridgehead atoms. The van der Waals surface area contributed by atoms with E-state index >= 15 is 0 Å². The van der Waals surface area contributed by atoms with Crippen molar-refractivity contribution in [3.8, 4) is 0 Å². The molecule has 1 saturated heterocycles. The van der Waals surface area contributed by atoms with E-state index in [2.05, 4.69) is 5.32 Å². The number of fused-ring (bicyclic) bond motifs is 1. The molecule has 1 aliphatic heterocycles. The molecule has 0 atom stereocenters. The van der Waals surface area contributed by atoms with Crippen LogP contribution in [-0.2, 0) is 38.7 Å². The lowest BCUT2D eigenvalue weighted by Crippen LogP contribution is -2.51. The first-order chi connectivity index (χ1) is 14.4. The Labute approximate surface area is 177 Å². The van der Waals surface area contributed by atoms with E-state index in [1.165, 1.54) is 25.4 Å². The van der Waals surface area contributed by atoms with Gasteiger partial charge in [-0.1, -0.05) is 0 Å². The lowest BCUT2D eigenvalue weighted by atomic mass is 10.2. The topological polar surface area (TPSA) is 112 Å². The lowest BCUT2D eigenvalue weighted by molar-refractivity contribution is -0.148. The largest absolute Gasteiger partial charge is 0.383 e. The minimum atomic E-state index is -0.629. The Bertz CT molecular complexity index is 1070. The Morgan fingerprint density at radius 3 is 2.53 bits per heavy atom. The van der Waals surface area contributed by atoms with Crippen LogP contribution in [0, 0.1) is 6.92 Å². The Morgan fingerprint density at radius 1 is 1.10 bits per heavy atom. The van der Waals surface area contributed by atoms with Gasteiger partial charge in [-0.05, 0) is 19.4 Å². The number of rotatable bonds is 9. The Balaban J connectivity index is 2.09. The van der Waals surface area contributed by atoms with Crippen molar-refractivity contribution in [1.82, 2.24) is 19.4 Å². The number of aromatic nitrogens is 2. The predicted molar refractivity (Wildman–Crippen MR) is 112 cm³/mol. The third-order valence-electron chi connectivity index (χ3n) is 5.06. The number of carbonyl (C=O) groups excluding carboxylic acids is 2. The van der Waals surface area contributed by atoms with Crippen LogP contribution in [0.4, 0.5) is 0 Å². The Morgan fingerprint density at radius 2 is 1.83 bits per heavy atom. The van der Waals surface area contributed by atoms with E-state index in [0.717, 1.165) is 10.4 Å². The first kappa shape index (κ1) is 22.2. The molecule has 1 aliphatic rings. The zero-order valence-corrected chi connectivity index (χ0v) is 18.2. The number of carbonyl (C=O) groups is 2. The van der Waals surface area contributed by atoms with Crippen LogP contribution in [0.1, 0.15) is 17.4 Å². The first-order valence-electron chi connectivity index (χ1n) is 9.80. The van der Waals surface area contributed by atoms with Crippen LogP contribution in [0.25, 0.3) is 10.2 Å². The standard InChI is InChI=1S/C19H26N4O6S/c1-4-29-10-8-22-16(25)14-12(2)13(11-21-6-5-20-15(24)17(21)26)30-18(14)23(19(22)27)7-9-28-3/h4-11H2,1-3H3,(H,20,24). The Kier molecular flexibility index (Phi) is 7.06. The van der Waals surface area contributed by atoms with Crippen LogP contribution in [0.3, 0.4) is 0 Å². The monoisotopic (exact) mass is 438 g/mol. The van der Waals surface area contributed by atoms with Gasteiger partial charge in [-0.15, -0.1) is 11.3 Å². The summed E-state index contributed by atoms with van der Waals surface area (Å²) in [4.78, 5) is 52.8. The summed E-state index contributed by atoms with van der Waals surface area (Å²) in [6.45, 7) is 6.18. The van der Waals surface area contributed by atoms with Crippen LogP contribution in [-0.4, -0.2) is 65.9 Å². The molecular formula is C19H26N4O6S.